The molecule has 3 aromatic carbocycles. The van der Waals surface area contributed by atoms with Crippen LogP contribution in [0.5, 0.6) is 0 Å². The van der Waals surface area contributed by atoms with Gasteiger partial charge < -0.3 is 0 Å². The fourth-order valence-electron chi connectivity index (χ4n) is 4.42. The van der Waals surface area contributed by atoms with Crippen molar-refractivity contribution in [2.24, 2.45) is 0 Å². The fourth-order valence-corrected chi connectivity index (χ4v) is 5.61. The van der Waals surface area contributed by atoms with E-state index in [1.165, 1.54) is 48.7 Å². The molecule has 2 aliphatic rings. The number of fused-ring (bicyclic) bond motifs is 2. The summed E-state index contributed by atoms with van der Waals surface area (Å²) in [5, 5.41) is 0. The lowest BCUT2D eigenvalue weighted by molar-refractivity contribution is 0.921. The van der Waals surface area contributed by atoms with Crippen LogP contribution in [0, 0.1) is 13.8 Å². The van der Waals surface area contributed by atoms with Crippen LogP contribution in [-0.2, 0) is 6.42 Å². The predicted octanol–water partition coefficient (Wildman–Crippen LogP) is 7.65. The van der Waals surface area contributed by atoms with Crippen molar-refractivity contribution in [3.05, 3.63) is 124 Å². The molecule has 1 heterocycles. The van der Waals surface area contributed by atoms with Gasteiger partial charge in [-0.05, 0) is 71.4 Å². The molecule has 0 N–H and O–H groups in total. The minimum absolute atomic E-state index is 0.291. The maximum absolute atomic E-state index is 2.39. The zero-order valence-corrected chi connectivity index (χ0v) is 17.7. The number of allylic oxidation sites excluding steroid dienone is 5. The second-order valence-corrected chi connectivity index (χ2v) is 8.96. The number of benzene rings is 3. The Kier molecular flexibility index (Phi) is 4.77. The lowest BCUT2D eigenvalue weighted by Crippen LogP contribution is -2.12. The molecule has 1 aliphatic heterocycles. The Labute approximate surface area is 177 Å². The molecule has 1 atom stereocenters. The van der Waals surface area contributed by atoms with Crippen LogP contribution >= 0.6 is 11.8 Å². The minimum Gasteiger partial charge on any atom is -0.0895 e. The summed E-state index contributed by atoms with van der Waals surface area (Å²) in [5.74, 6) is 0.291. The topological polar surface area (TPSA) is 0 Å². The molecule has 0 nitrogen and oxygen atoms in total. The van der Waals surface area contributed by atoms with E-state index in [9.17, 15) is 0 Å². The van der Waals surface area contributed by atoms with Gasteiger partial charge >= 0.3 is 0 Å². The summed E-state index contributed by atoms with van der Waals surface area (Å²) in [6.07, 6.45) is 12.3. The largest absolute Gasteiger partial charge is 0.0895 e. The summed E-state index contributed by atoms with van der Waals surface area (Å²) in [4.78, 5) is 2.82. The third kappa shape index (κ3) is 3.41. The molecule has 0 bridgehead atoms. The molecule has 1 unspecified atom stereocenters. The van der Waals surface area contributed by atoms with E-state index in [2.05, 4.69) is 105 Å². The first-order chi connectivity index (χ1) is 14.2. The Hall–Kier alpha value is -2.77. The van der Waals surface area contributed by atoms with Crippen LogP contribution in [0.1, 0.15) is 39.3 Å². The van der Waals surface area contributed by atoms with Gasteiger partial charge in [-0.25, -0.2) is 0 Å². The Morgan fingerprint density at radius 2 is 1.69 bits per heavy atom. The van der Waals surface area contributed by atoms with Crippen molar-refractivity contribution in [2.45, 2.75) is 36.0 Å². The Morgan fingerprint density at radius 1 is 0.897 bits per heavy atom. The first-order valence-corrected chi connectivity index (χ1v) is 11.0. The molecule has 142 valence electrons. The highest BCUT2D eigenvalue weighted by Crippen LogP contribution is 2.46. The minimum atomic E-state index is 0.291. The quantitative estimate of drug-likeness (QED) is 0.337. The van der Waals surface area contributed by atoms with E-state index >= 15 is 0 Å². The molecule has 0 fully saturated rings. The fraction of sp³-hybridized carbons (Fsp3) is 0.143. The number of aryl methyl sites for hydroxylation is 1. The van der Waals surface area contributed by atoms with Crippen LogP contribution in [0.2, 0.25) is 0 Å². The normalized spacial score (nSPS) is 18.6. The standard InChI is InChI=1S/C28H24S/c1-19-16-27-25(18-23-13-7-9-15-26(23)29-27)28(20(19)2)24-14-8-6-12-22(24)17-21-10-4-3-5-11-21/h3-17,24H,18H2,1-2H3. The van der Waals surface area contributed by atoms with Crippen molar-refractivity contribution in [3.8, 4) is 0 Å². The Bertz CT molecular complexity index is 1160. The average molecular weight is 393 g/mol. The van der Waals surface area contributed by atoms with Gasteiger partial charge in [-0.15, -0.1) is 0 Å². The summed E-state index contributed by atoms with van der Waals surface area (Å²) in [7, 11) is 0. The van der Waals surface area contributed by atoms with E-state index < -0.39 is 0 Å². The number of hydrogen-bond acceptors (Lipinski definition) is 1. The zero-order valence-electron chi connectivity index (χ0n) is 16.9. The van der Waals surface area contributed by atoms with Gasteiger partial charge in [0.2, 0.25) is 0 Å². The highest BCUT2D eigenvalue weighted by Gasteiger charge is 2.26. The number of rotatable bonds is 2. The van der Waals surface area contributed by atoms with E-state index in [4.69, 9.17) is 0 Å². The summed E-state index contributed by atoms with van der Waals surface area (Å²) < 4.78 is 0. The molecule has 0 amide bonds. The zero-order chi connectivity index (χ0) is 19.8. The molecule has 1 heteroatoms. The molecular weight excluding hydrogens is 368 g/mol. The van der Waals surface area contributed by atoms with Crippen LogP contribution < -0.4 is 0 Å². The second-order valence-electron chi connectivity index (χ2n) is 7.87. The first-order valence-electron chi connectivity index (χ1n) is 10.2. The molecule has 29 heavy (non-hydrogen) atoms. The summed E-state index contributed by atoms with van der Waals surface area (Å²) in [5.41, 5.74) is 9.86. The van der Waals surface area contributed by atoms with E-state index in [0.717, 1.165) is 6.42 Å². The summed E-state index contributed by atoms with van der Waals surface area (Å²) >= 11 is 1.93. The Balaban J connectivity index is 1.66. The van der Waals surface area contributed by atoms with E-state index in [1.54, 1.807) is 0 Å². The molecule has 3 aromatic rings. The van der Waals surface area contributed by atoms with Gasteiger partial charge in [0.1, 0.15) is 0 Å². The maximum atomic E-state index is 2.39. The van der Waals surface area contributed by atoms with Crippen molar-refractivity contribution in [2.75, 3.05) is 0 Å². The van der Waals surface area contributed by atoms with Crippen LogP contribution in [0.25, 0.3) is 6.08 Å². The highest BCUT2D eigenvalue weighted by molar-refractivity contribution is 7.99. The molecular formula is C28H24S. The van der Waals surface area contributed by atoms with Crippen molar-refractivity contribution in [1.82, 2.24) is 0 Å². The average Bonchev–Trinajstić information content (AvgIpc) is 2.75. The molecule has 0 aromatic heterocycles. The van der Waals surface area contributed by atoms with Crippen molar-refractivity contribution >= 4 is 17.8 Å². The van der Waals surface area contributed by atoms with Crippen LogP contribution in [0.4, 0.5) is 0 Å². The van der Waals surface area contributed by atoms with Crippen molar-refractivity contribution in [1.29, 1.82) is 0 Å². The van der Waals surface area contributed by atoms with Gasteiger partial charge in [0.15, 0.2) is 0 Å². The molecule has 5 rings (SSSR count). The van der Waals surface area contributed by atoms with Gasteiger partial charge in [-0.3, -0.25) is 0 Å². The van der Waals surface area contributed by atoms with Gasteiger partial charge in [-0.1, -0.05) is 90.7 Å². The van der Waals surface area contributed by atoms with Crippen molar-refractivity contribution in [3.63, 3.8) is 0 Å². The molecule has 0 spiro atoms. The van der Waals surface area contributed by atoms with Crippen LogP contribution in [0.3, 0.4) is 0 Å². The lowest BCUT2D eigenvalue weighted by atomic mass is 9.79. The smallest absolute Gasteiger partial charge is 0.0278 e. The SMILES string of the molecule is Cc1cc2c(c(C3C=CC=CC3=Cc3ccccc3)c1C)Cc1ccccc1S2. The number of hydrogen-bond donors (Lipinski definition) is 0. The Morgan fingerprint density at radius 3 is 2.55 bits per heavy atom. The van der Waals surface area contributed by atoms with Crippen LogP contribution in [-0.4, -0.2) is 0 Å². The first kappa shape index (κ1) is 18.3. The summed E-state index contributed by atoms with van der Waals surface area (Å²) in [6.45, 7) is 4.55. The van der Waals surface area contributed by atoms with Crippen LogP contribution in [0.15, 0.2) is 100 Å². The highest BCUT2D eigenvalue weighted by atomic mass is 32.2. The third-order valence-electron chi connectivity index (χ3n) is 6.03. The third-order valence-corrected chi connectivity index (χ3v) is 7.23. The van der Waals surface area contributed by atoms with Gasteiger partial charge in [0.05, 0.1) is 0 Å². The molecule has 0 saturated carbocycles. The van der Waals surface area contributed by atoms with E-state index in [1.807, 2.05) is 11.8 Å². The monoisotopic (exact) mass is 392 g/mol. The molecule has 1 aliphatic carbocycles. The summed E-state index contributed by atoms with van der Waals surface area (Å²) in [6, 6.07) is 21.9. The second kappa shape index (κ2) is 7.57. The van der Waals surface area contributed by atoms with Crippen molar-refractivity contribution < 1.29 is 0 Å². The predicted molar refractivity (Wildman–Crippen MR) is 125 cm³/mol. The lowest BCUT2D eigenvalue weighted by Gasteiger charge is -2.29. The van der Waals surface area contributed by atoms with E-state index in [-0.39, 0.29) is 0 Å². The van der Waals surface area contributed by atoms with E-state index in [0.29, 0.717) is 5.92 Å². The van der Waals surface area contributed by atoms with Gasteiger partial charge in [0.25, 0.3) is 0 Å². The maximum Gasteiger partial charge on any atom is 0.0278 e. The molecule has 0 saturated heterocycles. The molecule has 0 radical (unpaired) electrons. The van der Waals surface area contributed by atoms with Gasteiger partial charge in [-0.2, -0.15) is 0 Å². The van der Waals surface area contributed by atoms with Gasteiger partial charge in [0, 0.05) is 15.7 Å².